The topological polar surface area (TPSA) is 86.7 Å². The van der Waals surface area contributed by atoms with E-state index in [9.17, 15) is 14.4 Å². The van der Waals surface area contributed by atoms with Crippen LogP contribution in [0.3, 0.4) is 0 Å². The molecule has 6 nitrogen and oxygen atoms in total. The second-order valence-corrected chi connectivity index (χ2v) is 7.30. The third-order valence-electron chi connectivity index (χ3n) is 3.46. The summed E-state index contributed by atoms with van der Waals surface area (Å²) in [5.74, 6) is -1.77. The van der Waals surface area contributed by atoms with Crippen LogP contribution in [0.15, 0.2) is 23.1 Å². The third-order valence-corrected chi connectivity index (χ3v) is 5.37. The minimum absolute atomic E-state index is 0.0378. The molecule has 0 bridgehead atoms. The van der Waals surface area contributed by atoms with Crippen molar-refractivity contribution in [2.75, 3.05) is 11.9 Å². The molecule has 0 spiro atoms. The first-order chi connectivity index (χ1) is 10.9. The molecule has 2 heterocycles. The average Bonchev–Trinajstić information content (AvgIpc) is 2.93. The van der Waals surface area contributed by atoms with Crippen molar-refractivity contribution in [2.24, 2.45) is 0 Å². The Hall–Kier alpha value is -1.64. The molecular formula is C14H11ClN2O4S2. The summed E-state index contributed by atoms with van der Waals surface area (Å²) < 4.78 is -0.527. The molecule has 9 heteroatoms. The van der Waals surface area contributed by atoms with Crippen molar-refractivity contribution in [3.63, 3.8) is 0 Å². The number of benzene rings is 1. The molecule has 1 saturated heterocycles. The molecule has 3 rings (SSSR count). The first-order valence-electron chi connectivity index (χ1n) is 6.61. The Morgan fingerprint density at radius 2 is 2.17 bits per heavy atom. The number of fused-ring (bicyclic) bond motifs is 1. The smallest absolute Gasteiger partial charge is 0.305 e. The summed E-state index contributed by atoms with van der Waals surface area (Å²) in [6.45, 7) is 0.0378. The summed E-state index contributed by atoms with van der Waals surface area (Å²) in [5, 5.41) is 11.9. The van der Waals surface area contributed by atoms with Crippen molar-refractivity contribution < 1.29 is 19.5 Å². The van der Waals surface area contributed by atoms with E-state index in [2.05, 4.69) is 17.9 Å². The number of anilines is 1. The lowest BCUT2D eigenvalue weighted by atomic mass is 10.1. The van der Waals surface area contributed by atoms with Gasteiger partial charge in [0.2, 0.25) is 0 Å². The Kier molecular flexibility index (Phi) is 4.31. The molecular weight excluding hydrogens is 360 g/mol. The van der Waals surface area contributed by atoms with Gasteiger partial charge < -0.3 is 15.3 Å². The van der Waals surface area contributed by atoms with Gasteiger partial charge in [0.05, 0.1) is 16.9 Å². The summed E-state index contributed by atoms with van der Waals surface area (Å²) in [4.78, 5) is 37.1. The third kappa shape index (κ3) is 2.93. The van der Waals surface area contributed by atoms with E-state index in [1.807, 2.05) is 0 Å². The molecule has 0 aliphatic carbocycles. The van der Waals surface area contributed by atoms with Gasteiger partial charge in [0.15, 0.2) is 0 Å². The zero-order valence-electron chi connectivity index (χ0n) is 11.6. The molecule has 23 heavy (non-hydrogen) atoms. The van der Waals surface area contributed by atoms with Crippen molar-refractivity contribution in [1.82, 2.24) is 4.90 Å². The predicted molar refractivity (Wildman–Crippen MR) is 91.3 cm³/mol. The first-order valence-corrected chi connectivity index (χ1v) is 8.39. The van der Waals surface area contributed by atoms with Crippen LogP contribution in [0, 0.1) is 0 Å². The van der Waals surface area contributed by atoms with Crippen LogP contribution in [0.1, 0.15) is 12.0 Å². The van der Waals surface area contributed by atoms with E-state index < -0.39 is 16.6 Å². The number of aliphatic carboxylic acids is 1. The number of hydrogen-bond donors (Lipinski definition) is 3. The van der Waals surface area contributed by atoms with Gasteiger partial charge in [-0.2, -0.15) is 0 Å². The zero-order chi connectivity index (χ0) is 16.7. The summed E-state index contributed by atoms with van der Waals surface area (Å²) >= 11 is 11.4. The Morgan fingerprint density at radius 1 is 1.43 bits per heavy atom. The Morgan fingerprint density at radius 3 is 2.87 bits per heavy atom. The van der Waals surface area contributed by atoms with Crippen LogP contribution >= 0.6 is 36.0 Å². The van der Waals surface area contributed by atoms with Crippen LogP contribution in [0.5, 0.6) is 0 Å². The van der Waals surface area contributed by atoms with Gasteiger partial charge in [-0.05, 0) is 18.2 Å². The van der Waals surface area contributed by atoms with Gasteiger partial charge in [-0.3, -0.25) is 14.4 Å². The lowest BCUT2D eigenvalue weighted by molar-refractivity contribution is -0.137. The van der Waals surface area contributed by atoms with E-state index >= 15 is 0 Å². The highest BCUT2D eigenvalue weighted by molar-refractivity contribution is 8.14. The van der Waals surface area contributed by atoms with Crippen LogP contribution in [0.2, 0.25) is 5.02 Å². The highest BCUT2D eigenvalue weighted by atomic mass is 35.5. The SMILES string of the molecule is O=C(O)CCN1C(=O)/C(=C2/C(=O)Nc3ccc(Cl)cc32)SC1S. The van der Waals surface area contributed by atoms with Gasteiger partial charge in [0.1, 0.15) is 4.71 Å². The minimum Gasteiger partial charge on any atom is -0.481 e. The fourth-order valence-corrected chi connectivity index (χ4v) is 4.20. The maximum atomic E-state index is 12.5. The molecule has 2 aliphatic rings. The molecule has 0 saturated carbocycles. The lowest BCUT2D eigenvalue weighted by Crippen LogP contribution is -2.31. The molecule has 2 N–H and O–H groups in total. The molecule has 0 aromatic heterocycles. The molecule has 2 amide bonds. The second-order valence-electron chi connectivity index (χ2n) is 4.93. The number of carboxylic acid groups (broad SMARTS) is 1. The minimum atomic E-state index is -1.000. The zero-order valence-corrected chi connectivity index (χ0v) is 14.0. The number of rotatable bonds is 3. The Balaban J connectivity index is 2.00. The summed E-state index contributed by atoms with van der Waals surface area (Å²) in [6.07, 6.45) is -0.180. The maximum absolute atomic E-state index is 12.5. The standard InChI is InChI=1S/C14H11ClN2O4S2/c15-6-1-2-8-7(5-6)10(12(20)16-8)11-13(21)17(14(22)23-11)4-3-9(18)19/h1-2,5,14,22H,3-4H2,(H,16,20)(H,18,19)/b11-10-. The molecule has 1 fully saturated rings. The number of thioether (sulfide) groups is 1. The van der Waals surface area contributed by atoms with Crippen LogP contribution < -0.4 is 5.32 Å². The molecule has 2 aliphatic heterocycles. The number of carbonyl (C=O) groups excluding carboxylic acids is 2. The Labute approximate surface area is 146 Å². The van der Waals surface area contributed by atoms with Crippen LogP contribution in [0.25, 0.3) is 5.57 Å². The fourth-order valence-electron chi connectivity index (χ4n) is 2.41. The van der Waals surface area contributed by atoms with Crippen molar-refractivity contribution in [2.45, 2.75) is 11.1 Å². The van der Waals surface area contributed by atoms with Crippen LogP contribution in [0.4, 0.5) is 5.69 Å². The van der Waals surface area contributed by atoms with Crippen molar-refractivity contribution in [3.05, 3.63) is 33.7 Å². The van der Waals surface area contributed by atoms with Crippen LogP contribution in [-0.2, 0) is 14.4 Å². The average molecular weight is 371 g/mol. The summed E-state index contributed by atoms with van der Waals surface area (Å²) in [5.41, 5.74) is 1.42. The number of thiol groups is 1. The van der Waals surface area contributed by atoms with E-state index in [4.69, 9.17) is 16.7 Å². The summed E-state index contributed by atoms with van der Waals surface area (Å²) in [7, 11) is 0. The highest BCUT2D eigenvalue weighted by Gasteiger charge is 2.40. The van der Waals surface area contributed by atoms with E-state index in [0.29, 0.717) is 16.3 Å². The van der Waals surface area contributed by atoms with Gasteiger partial charge in [-0.25, -0.2) is 0 Å². The summed E-state index contributed by atoms with van der Waals surface area (Å²) in [6, 6.07) is 4.95. The predicted octanol–water partition coefficient (Wildman–Crippen LogP) is 2.27. The Bertz CT molecular complexity index is 765. The van der Waals surface area contributed by atoms with E-state index in [1.165, 1.54) is 4.90 Å². The van der Waals surface area contributed by atoms with Crippen LogP contribution in [-0.4, -0.2) is 39.0 Å². The molecule has 0 radical (unpaired) electrons. The van der Waals surface area contributed by atoms with Crippen molar-refractivity contribution in [1.29, 1.82) is 0 Å². The van der Waals surface area contributed by atoms with E-state index in [-0.39, 0.29) is 29.4 Å². The van der Waals surface area contributed by atoms with E-state index in [1.54, 1.807) is 18.2 Å². The lowest BCUT2D eigenvalue weighted by Gasteiger charge is -2.17. The maximum Gasteiger partial charge on any atom is 0.305 e. The quantitative estimate of drug-likeness (QED) is 0.561. The normalized spacial score (nSPS) is 23.2. The van der Waals surface area contributed by atoms with Crippen molar-refractivity contribution in [3.8, 4) is 0 Å². The van der Waals surface area contributed by atoms with Gasteiger partial charge in [0.25, 0.3) is 11.8 Å². The highest BCUT2D eigenvalue weighted by Crippen LogP contribution is 2.45. The van der Waals surface area contributed by atoms with Gasteiger partial charge in [-0.1, -0.05) is 23.4 Å². The number of nitrogens with one attached hydrogen (secondary N) is 1. The molecule has 1 aromatic carbocycles. The number of carboxylic acids is 1. The van der Waals surface area contributed by atoms with Gasteiger partial charge in [-0.15, -0.1) is 12.6 Å². The molecule has 120 valence electrons. The largest absolute Gasteiger partial charge is 0.481 e. The fraction of sp³-hybridized carbons (Fsp3) is 0.214. The molecule has 1 unspecified atom stereocenters. The van der Waals surface area contributed by atoms with Gasteiger partial charge in [0, 0.05) is 22.8 Å². The van der Waals surface area contributed by atoms with Gasteiger partial charge >= 0.3 is 5.97 Å². The second kappa shape index (κ2) is 6.10. The molecule has 1 aromatic rings. The number of nitrogens with zero attached hydrogens (tertiary/aromatic N) is 1. The number of carbonyl (C=O) groups is 3. The van der Waals surface area contributed by atoms with Crippen molar-refractivity contribution >= 4 is 65.0 Å². The number of hydrogen-bond acceptors (Lipinski definition) is 5. The monoisotopic (exact) mass is 370 g/mol. The molecule has 1 atom stereocenters. The van der Waals surface area contributed by atoms with E-state index in [0.717, 1.165) is 11.8 Å². The number of halogens is 1. The number of amides is 2. The first kappa shape index (κ1) is 16.2.